The minimum absolute atomic E-state index is 0.173. The molecule has 4 aromatic rings. The fourth-order valence-electron chi connectivity index (χ4n) is 4.63. The highest BCUT2D eigenvalue weighted by atomic mass is 19.1. The Morgan fingerprint density at radius 3 is 2.74 bits per heavy atom. The number of ether oxygens (including phenoxy) is 1. The summed E-state index contributed by atoms with van der Waals surface area (Å²) in [4.78, 5) is 15.6. The first-order chi connectivity index (χ1) is 19.0. The third kappa shape index (κ3) is 6.20. The molecule has 1 aliphatic heterocycles. The maximum Gasteiger partial charge on any atom is 0.218 e. The molecular weight excluding hydrogens is 502 g/mol. The number of H-pyrrole nitrogens is 1. The van der Waals surface area contributed by atoms with E-state index in [1.807, 2.05) is 18.5 Å². The molecule has 1 aliphatic rings. The van der Waals surface area contributed by atoms with E-state index in [0.717, 1.165) is 54.2 Å². The van der Waals surface area contributed by atoms with Crippen LogP contribution < -0.4 is 20.7 Å². The minimum Gasteiger partial charge on any atom is -0.481 e. The van der Waals surface area contributed by atoms with Crippen LogP contribution in [0.2, 0.25) is 0 Å². The lowest BCUT2D eigenvalue weighted by molar-refractivity contribution is 0.391. The normalized spacial score (nSPS) is 14.4. The van der Waals surface area contributed by atoms with Crippen LogP contribution in [0.25, 0.3) is 16.6 Å². The van der Waals surface area contributed by atoms with Crippen LogP contribution in [0.5, 0.6) is 5.88 Å². The van der Waals surface area contributed by atoms with E-state index in [1.165, 1.54) is 19.4 Å². The average molecular weight is 533 g/mol. The molecule has 0 saturated carbocycles. The van der Waals surface area contributed by atoms with Crippen molar-refractivity contribution >= 4 is 28.6 Å². The summed E-state index contributed by atoms with van der Waals surface area (Å²) in [6, 6.07) is 7.01. The maximum absolute atomic E-state index is 15.0. The number of allylic oxidation sites excluding steroid dienone is 1. The van der Waals surface area contributed by atoms with E-state index in [1.54, 1.807) is 18.3 Å². The Morgan fingerprint density at radius 2 is 1.97 bits per heavy atom. The number of fused-ring (bicyclic) bond motifs is 1. The van der Waals surface area contributed by atoms with Crippen molar-refractivity contribution in [2.24, 2.45) is 0 Å². The molecule has 11 heteroatoms. The Kier molecular flexibility index (Phi) is 8.07. The lowest BCUT2D eigenvalue weighted by Gasteiger charge is -2.23. The molecule has 0 atom stereocenters. The van der Waals surface area contributed by atoms with Gasteiger partial charge in [0, 0.05) is 71.5 Å². The van der Waals surface area contributed by atoms with Gasteiger partial charge in [-0.15, -0.1) is 0 Å². The van der Waals surface area contributed by atoms with Crippen molar-refractivity contribution in [2.45, 2.75) is 31.8 Å². The summed E-state index contributed by atoms with van der Waals surface area (Å²) in [5.41, 5.74) is 4.01. The summed E-state index contributed by atoms with van der Waals surface area (Å²) in [6.45, 7) is 2.13. The van der Waals surface area contributed by atoms with Gasteiger partial charge in [-0.2, -0.15) is 4.39 Å². The summed E-state index contributed by atoms with van der Waals surface area (Å²) in [5, 5.41) is 18.5. The first kappa shape index (κ1) is 26.2. The number of aromatic amines is 1. The zero-order valence-corrected chi connectivity index (χ0v) is 21.5. The highest BCUT2D eigenvalue weighted by Gasteiger charge is 2.14. The van der Waals surface area contributed by atoms with Crippen LogP contribution in [-0.2, 0) is 13.0 Å². The molecule has 0 unspecified atom stereocenters. The van der Waals surface area contributed by atoms with Gasteiger partial charge in [0.25, 0.3) is 0 Å². The number of methoxy groups -OCH3 is 1. The molecule has 4 aromatic heterocycles. The summed E-state index contributed by atoms with van der Waals surface area (Å²) >= 11 is 0. The second-order valence-corrected chi connectivity index (χ2v) is 9.37. The second-order valence-electron chi connectivity index (χ2n) is 9.37. The van der Waals surface area contributed by atoms with Gasteiger partial charge in [0.05, 0.1) is 13.3 Å². The zero-order chi connectivity index (χ0) is 27.2. The number of halogens is 2. The summed E-state index contributed by atoms with van der Waals surface area (Å²) in [6.07, 6.45) is 10.2. The van der Waals surface area contributed by atoms with Crippen molar-refractivity contribution < 1.29 is 13.5 Å². The molecule has 202 valence electrons. The quantitative estimate of drug-likeness (QED) is 0.153. The maximum atomic E-state index is 15.0. The Balaban J connectivity index is 1.31. The highest BCUT2D eigenvalue weighted by molar-refractivity contribution is 6.09. The molecule has 0 aliphatic carbocycles. The van der Waals surface area contributed by atoms with E-state index >= 15 is 0 Å². The molecule has 1 fully saturated rings. The molecule has 5 N–H and O–H groups in total. The molecule has 1 saturated heterocycles. The highest BCUT2D eigenvalue weighted by Crippen LogP contribution is 2.25. The van der Waals surface area contributed by atoms with Gasteiger partial charge in [0.1, 0.15) is 17.3 Å². The summed E-state index contributed by atoms with van der Waals surface area (Å²) < 4.78 is 33.7. The van der Waals surface area contributed by atoms with Crippen LogP contribution in [0.1, 0.15) is 35.1 Å². The van der Waals surface area contributed by atoms with E-state index < -0.39 is 11.8 Å². The van der Waals surface area contributed by atoms with E-state index in [2.05, 4.69) is 35.9 Å². The van der Waals surface area contributed by atoms with Crippen molar-refractivity contribution in [3.8, 4) is 5.88 Å². The number of pyridine rings is 3. The molecule has 0 aromatic carbocycles. The number of hydrogen-bond acceptors (Lipinski definition) is 8. The zero-order valence-electron chi connectivity index (χ0n) is 21.5. The van der Waals surface area contributed by atoms with Crippen molar-refractivity contribution in [1.29, 1.82) is 5.41 Å². The number of nitrogens with one attached hydrogen (secondary N) is 5. The van der Waals surface area contributed by atoms with Gasteiger partial charge >= 0.3 is 0 Å². The molecule has 0 amide bonds. The van der Waals surface area contributed by atoms with Crippen molar-refractivity contribution in [1.82, 2.24) is 30.6 Å². The predicted octanol–water partition coefficient (Wildman–Crippen LogP) is 4.17. The Hall–Kier alpha value is -4.38. The van der Waals surface area contributed by atoms with Crippen LogP contribution in [0.15, 0.2) is 49.1 Å². The molecule has 0 bridgehead atoms. The molecule has 5 heterocycles. The van der Waals surface area contributed by atoms with E-state index in [9.17, 15) is 8.78 Å². The molecule has 0 spiro atoms. The van der Waals surface area contributed by atoms with Crippen molar-refractivity contribution in [3.05, 3.63) is 83.1 Å². The van der Waals surface area contributed by atoms with Crippen LogP contribution in [0.4, 0.5) is 14.6 Å². The lowest BCUT2D eigenvalue weighted by atomic mass is 10.0. The Bertz CT molecular complexity index is 1500. The molecule has 39 heavy (non-hydrogen) atoms. The molecule has 5 rings (SSSR count). The van der Waals surface area contributed by atoms with Gasteiger partial charge in [-0.25, -0.2) is 19.3 Å². The average Bonchev–Trinajstić information content (AvgIpc) is 3.36. The summed E-state index contributed by atoms with van der Waals surface area (Å²) in [7, 11) is 1.45. The Morgan fingerprint density at radius 1 is 1.13 bits per heavy atom. The number of nitrogens with zero attached hydrogens (tertiary/aromatic N) is 3. The van der Waals surface area contributed by atoms with Crippen molar-refractivity contribution in [2.75, 3.05) is 25.5 Å². The molecule has 0 radical (unpaired) electrons. The minimum atomic E-state index is -0.603. The third-order valence-electron chi connectivity index (χ3n) is 6.77. The number of piperidine rings is 1. The number of aromatic nitrogens is 4. The Labute approximate surface area is 224 Å². The van der Waals surface area contributed by atoms with Gasteiger partial charge in [-0.05, 0) is 49.7 Å². The SMILES string of the molecule is COc1ncc(F)cc1CNc1ccc(Cc2c[nH]c3ncc(/C(C=N)=C/NC4CCNCC4)cc23)c(F)n1. The van der Waals surface area contributed by atoms with Crippen molar-refractivity contribution in [3.63, 3.8) is 0 Å². The van der Waals surface area contributed by atoms with Gasteiger partial charge in [-0.3, -0.25) is 0 Å². The van der Waals surface area contributed by atoms with E-state index in [-0.39, 0.29) is 12.4 Å². The first-order valence-corrected chi connectivity index (χ1v) is 12.8. The number of rotatable bonds is 10. The van der Waals surface area contributed by atoms with Gasteiger partial charge < -0.3 is 31.1 Å². The topological polar surface area (TPSA) is 124 Å². The number of anilines is 1. The second kappa shape index (κ2) is 12.0. The number of hydrogen-bond donors (Lipinski definition) is 5. The van der Waals surface area contributed by atoms with Gasteiger partial charge in [0.2, 0.25) is 11.8 Å². The van der Waals surface area contributed by atoms with Crippen LogP contribution >= 0.6 is 0 Å². The standard InChI is InChI=1S/C28H30F2N8O/c1-39-28-20(9-22(29)16-37-28)14-34-25-3-2-17(26(30)38-25)8-19-13-36-27-24(19)10-18(12-35-27)21(11-31)15-33-23-4-6-32-7-5-23/h2-3,9-13,15-16,23,31-33H,4-8,14H2,1H3,(H,34,38)(H,35,36)/b21-15+,31-11?. The fraction of sp³-hybridized carbons (Fsp3) is 0.286. The predicted molar refractivity (Wildman–Crippen MR) is 147 cm³/mol. The van der Waals surface area contributed by atoms with Gasteiger partial charge in [-0.1, -0.05) is 6.07 Å². The van der Waals surface area contributed by atoms with Crippen LogP contribution in [0, 0.1) is 17.2 Å². The van der Waals surface area contributed by atoms with Gasteiger partial charge in [0.15, 0.2) is 0 Å². The first-order valence-electron chi connectivity index (χ1n) is 12.8. The lowest BCUT2D eigenvalue weighted by Crippen LogP contribution is -2.37. The van der Waals surface area contributed by atoms with Crippen LogP contribution in [0.3, 0.4) is 0 Å². The monoisotopic (exact) mass is 532 g/mol. The summed E-state index contributed by atoms with van der Waals surface area (Å²) in [5.74, 6) is -0.488. The largest absolute Gasteiger partial charge is 0.481 e. The third-order valence-corrected chi connectivity index (χ3v) is 6.77. The smallest absolute Gasteiger partial charge is 0.218 e. The van der Waals surface area contributed by atoms with E-state index in [0.29, 0.717) is 35.1 Å². The molecule has 9 nitrogen and oxygen atoms in total. The van der Waals surface area contributed by atoms with E-state index in [4.69, 9.17) is 10.1 Å². The fourth-order valence-corrected chi connectivity index (χ4v) is 4.63. The molecular formula is C28H30F2N8O. The van der Waals surface area contributed by atoms with Crippen LogP contribution in [-0.4, -0.2) is 52.4 Å².